The number of carbonyl (C=O) groups excluding carboxylic acids is 3. The van der Waals surface area contributed by atoms with E-state index in [1.54, 1.807) is 0 Å². The van der Waals surface area contributed by atoms with Crippen molar-refractivity contribution >= 4 is 56.8 Å². The molecule has 6 rings (SSSR count). The third kappa shape index (κ3) is 7.41. The molecule has 2 aromatic carbocycles. The molecule has 45 heavy (non-hydrogen) atoms. The van der Waals surface area contributed by atoms with Crippen LogP contribution < -0.4 is 16.0 Å². The van der Waals surface area contributed by atoms with Gasteiger partial charge in [0.15, 0.2) is 5.82 Å². The molecule has 5 aromatic rings. The summed E-state index contributed by atoms with van der Waals surface area (Å²) in [5.74, 6) is -2.79. The smallest absolute Gasteiger partial charge is 0.349 e. The van der Waals surface area contributed by atoms with Crippen molar-refractivity contribution in [2.75, 3.05) is 5.32 Å². The van der Waals surface area contributed by atoms with Gasteiger partial charge in [-0.05, 0) is 66.1 Å². The first kappa shape index (κ1) is 31.5. The predicted molar refractivity (Wildman–Crippen MR) is 153 cm³/mol. The molecular weight excluding hydrogens is 645 g/mol. The molecule has 0 atom stereocenters. The molecule has 0 aliphatic carbocycles. The molecule has 232 valence electrons. The number of rotatable bonds is 5. The quantitative estimate of drug-likeness (QED) is 0.218. The van der Waals surface area contributed by atoms with Crippen LogP contribution in [0.15, 0.2) is 60.8 Å². The van der Waals surface area contributed by atoms with E-state index in [1.807, 2.05) is 0 Å². The van der Waals surface area contributed by atoms with Gasteiger partial charge in [-0.3, -0.25) is 19.4 Å². The van der Waals surface area contributed by atoms with Crippen LogP contribution in [0, 0.1) is 11.6 Å². The summed E-state index contributed by atoms with van der Waals surface area (Å²) in [5, 5.41) is 8.55. The SMILES string of the molecule is Fc1ccc(Cl)cc1.O=C1Cn2c(C(=O)NCc3ccc(C(F)(F)F)cn3)nc(NC(=O)c3nsc4ccc(F)cc34)c2CN1. The van der Waals surface area contributed by atoms with Crippen molar-refractivity contribution in [2.45, 2.75) is 25.8 Å². The topological polar surface area (TPSA) is 131 Å². The Balaban J connectivity index is 0.000000436. The number of carbonyl (C=O) groups is 3. The molecule has 3 aromatic heterocycles. The molecule has 0 saturated carbocycles. The highest BCUT2D eigenvalue weighted by molar-refractivity contribution is 7.13. The van der Waals surface area contributed by atoms with Crippen molar-refractivity contribution in [1.29, 1.82) is 0 Å². The van der Waals surface area contributed by atoms with Crippen molar-refractivity contribution in [2.24, 2.45) is 0 Å². The third-order valence-corrected chi connectivity index (χ3v) is 7.37. The zero-order valence-corrected chi connectivity index (χ0v) is 24.2. The molecule has 0 radical (unpaired) electrons. The molecule has 0 bridgehead atoms. The molecular formula is C28H19ClF5N7O3S. The Bertz CT molecular complexity index is 1870. The number of fused-ring (bicyclic) bond motifs is 2. The first-order valence-electron chi connectivity index (χ1n) is 12.8. The summed E-state index contributed by atoms with van der Waals surface area (Å²) in [6, 6.07) is 11.6. The number of benzene rings is 2. The Morgan fingerprint density at radius 3 is 2.42 bits per heavy atom. The summed E-state index contributed by atoms with van der Waals surface area (Å²) in [6.07, 6.45) is -3.88. The van der Waals surface area contributed by atoms with E-state index in [0.29, 0.717) is 27.0 Å². The maximum atomic E-state index is 13.7. The monoisotopic (exact) mass is 663 g/mol. The summed E-state index contributed by atoms with van der Waals surface area (Å²) < 4.78 is 69.9. The van der Waals surface area contributed by atoms with E-state index in [-0.39, 0.29) is 54.4 Å². The number of alkyl halides is 3. The second kappa shape index (κ2) is 13.0. The van der Waals surface area contributed by atoms with Gasteiger partial charge in [0, 0.05) is 16.6 Å². The molecule has 0 fully saturated rings. The van der Waals surface area contributed by atoms with E-state index in [9.17, 15) is 36.3 Å². The number of pyridine rings is 1. The summed E-state index contributed by atoms with van der Waals surface area (Å²) >= 11 is 6.46. The van der Waals surface area contributed by atoms with Crippen LogP contribution >= 0.6 is 23.1 Å². The zero-order chi connectivity index (χ0) is 32.3. The lowest BCUT2D eigenvalue weighted by Crippen LogP contribution is -2.37. The lowest BCUT2D eigenvalue weighted by atomic mass is 10.2. The fourth-order valence-electron chi connectivity index (χ4n) is 4.11. The van der Waals surface area contributed by atoms with E-state index < -0.39 is 29.4 Å². The average Bonchev–Trinajstić information content (AvgIpc) is 3.58. The molecule has 1 aliphatic rings. The van der Waals surface area contributed by atoms with Crippen LogP contribution in [0.3, 0.4) is 0 Å². The predicted octanol–water partition coefficient (Wildman–Crippen LogP) is 5.34. The number of imidazole rings is 1. The van der Waals surface area contributed by atoms with Crippen LogP contribution in [-0.2, 0) is 30.6 Å². The number of halogens is 6. The number of amides is 3. The molecule has 10 nitrogen and oxygen atoms in total. The largest absolute Gasteiger partial charge is 0.417 e. The van der Waals surface area contributed by atoms with Gasteiger partial charge < -0.3 is 20.5 Å². The van der Waals surface area contributed by atoms with Gasteiger partial charge in [-0.2, -0.15) is 17.5 Å². The number of nitrogens with zero attached hydrogens (tertiary/aromatic N) is 4. The van der Waals surface area contributed by atoms with Crippen molar-refractivity contribution < 1.29 is 36.3 Å². The maximum Gasteiger partial charge on any atom is 0.417 e. The molecule has 3 amide bonds. The van der Waals surface area contributed by atoms with Crippen LogP contribution in [0.4, 0.5) is 27.8 Å². The number of hydrogen-bond donors (Lipinski definition) is 3. The van der Waals surface area contributed by atoms with E-state index in [1.165, 1.54) is 47.0 Å². The van der Waals surface area contributed by atoms with Gasteiger partial charge in [0.05, 0.1) is 34.7 Å². The normalized spacial score (nSPS) is 12.5. The number of aromatic nitrogens is 4. The molecule has 0 unspecified atom stereocenters. The van der Waals surface area contributed by atoms with Gasteiger partial charge in [-0.15, -0.1) is 0 Å². The summed E-state index contributed by atoms with van der Waals surface area (Å²) in [6.45, 7) is -0.477. The van der Waals surface area contributed by atoms with Crippen molar-refractivity contribution in [3.63, 3.8) is 0 Å². The molecule has 4 heterocycles. The van der Waals surface area contributed by atoms with Gasteiger partial charge in [0.1, 0.15) is 23.9 Å². The fraction of sp³-hybridized carbons (Fsp3) is 0.143. The van der Waals surface area contributed by atoms with Crippen LogP contribution in [0.2, 0.25) is 5.02 Å². The number of anilines is 1. The van der Waals surface area contributed by atoms with E-state index in [2.05, 4.69) is 30.3 Å². The van der Waals surface area contributed by atoms with E-state index in [0.717, 1.165) is 23.7 Å². The van der Waals surface area contributed by atoms with E-state index in [4.69, 9.17) is 11.6 Å². The highest BCUT2D eigenvalue weighted by atomic mass is 35.5. The summed E-state index contributed by atoms with van der Waals surface area (Å²) in [5.41, 5.74) is -0.440. The Morgan fingerprint density at radius 2 is 1.76 bits per heavy atom. The van der Waals surface area contributed by atoms with Gasteiger partial charge in [-0.1, -0.05) is 11.6 Å². The van der Waals surface area contributed by atoms with Gasteiger partial charge >= 0.3 is 6.18 Å². The first-order valence-corrected chi connectivity index (χ1v) is 14.0. The Kier molecular flexibility index (Phi) is 9.06. The van der Waals surface area contributed by atoms with Crippen LogP contribution in [0.25, 0.3) is 10.1 Å². The maximum absolute atomic E-state index is 13.7. The van der Waals surface area contributed by atoms with Crippen molar-refractivity contribution in [3.05, 3.63) is 106 Å². The second-order valence-electron chi connectivity index (χ2n) is 9.37. The molecule has 3 N–H and O–H groups in total. The third-order valence-electron chi connectivity index (χ3n) is 6.30. The summed E-state index contributed by atoms with van der Waals surface area (Å²) in [7, 11) is 0. The highest BCUT2D eigenvalue weighted by Crippen LogP contribution is 2.29. The molecule has 0 saturated heterocycles. The Morgan fingerprint density at radius 1 is 1.02 bits per heavy atom. The standard InChI is InChI=1S/C22H15F4N7O3S.C6H4ClF/c23-11-2-4-15-13(5-11)17(32-37-15)20(35)31-18-14-8-28-16(34)9-33(14)19(30-18)21(36)29-7-12-3-1-10(6-27-12)22(24,25)26;7-5-1-3-6(8)4-2-5/h1-6H,7-9H2,(H,28,34)(H,29,36)(H,31,35);1-4H. The first-order chi connectivity index (χ1) is 21.4. The minimum Gasteiger partial charge on any atom is -0.349 e. The molecule has 17 heteroatoms. The Hall–Kier alpha value is -4.96. The van der Waals surface area contributed by atoms with Crippen molar-refractivity contribution in [3.8, 4) is 0 Å². The van der Waals surface area contributed by atoms with Gasteiger partial charge in [-0.25, -0.2) is 13.8 Å². The van der Waals surface area contributed by atoms with E-state index >= 15 is 0 Å². The minimum atomic E-state index is -4.54. The van der Waals surface area contributed by atoms with Crippen molar-refractivity contribution in [1.82, 2.24) is 29.5 Å². The molecule has 0 spiro atoms. The lowest BCUT2D eigenvalue weighted by Gasteiger charge is -2.17. The zero-order valence-electron chi connectivity index (χ0n) is 22.6. The molecule has 1 aliphatic heterocycles. The number of hydrogen-bond acceptors (Lipinski definition) is 7. The van der Waals surface area contributed by atoms with Crippen LogP contribution in [0.5, 0.6) is 0 Å². The highest BCUT2D eigenvalue weighted by Gasteiger charge is 2.31. The average molecular weight is 664 g/mol. The lowest BCUT2D eigenvalue weighted by molar-refractivity contribution is -0.137. The Labute approximate surface area is 259 Å². The second-order valence-corrected chi connectivity index (χ2v) is 10.6. The fourth-order valence-corrected chi connectivity index (χ4v) is 4.99. The summed E-state index contributed by atoms with van der Waals surface area (Å²) in [4.78, 5) is 45.6. The van der Waals surface area contributed by atoms with Gasteiger partial charge in [0.2, 0.25) is 11.7 Å². The minimum absolute atomic E-state index is 0.000332. The van der Waals surface area contributed by atoms with Crippen LogP contribution in [-0.4, -0.2) is 36.6 Å². The van der Waals surface area contributed by atoms with Gasteiger partial charge in [0.25, 0.3) is 11.8 Å². The van der Waals surface area contributed by atoms with Crippen LogP contribution in [0.1, 0.15) is 38.1 Å². The number of nitrogens with one attached hydrogen (secondary N) is 3.